The Labute approximate surface area is 154 Å². The van der Waals surface area contributed by atoms with E-state index in [-0.39, 0.29) is 15.9 Å². The predicted octanol–water partition coefficient (Wildman–Crippen LogP) is 4.17. The summed E-state index contributed by atoms with van der Waals surface area (Å²) in [5.41, 5.74) is -1.69. The second-order valence-corrected chi connectivity index (χ2v) is 6.16. The Hall–Kier alpha value is -1.77. The van der Waals surface area contributed by atoms with Crippen molar-refractivity contribution in [3.05, 3.63) is 55.0 Å². The van der Waals surface area contributed by atoms with Gasteiger partial charge < -0.3 is 9.88 Å². The van der Waals surface area contributed by atoms with Crippen molar-refractivity contribution in [3.63, 3.8) is 0 Å². The highest BCUT2D eigenvalue weighted by atomic mass is 35.5. The van der Waals surface area contributed by atoms with Crippen LogP contribution in [0.3, 0.4) is 0 Å². The zero-order valence-electron chi connectivity index (χ0n) is 12.4. The highest BCUT2D eigenvalue weighted by Crippen LogP contribution is 2.29. The van der Waals surface area contributed by atoms with Crippen LogP contribution in [0.4, 0.5) is 19.0 Å². The van der Waals surface area contributed by atoms with E-state index >= 15 is 0 Å². The quantitative estimate of drug-likeness (QED) is 0.820. The van der Waals surface area contributed by atoms with Crippen molar-refractivity contribution in [2.24, 2.45) is 0 Å². The topological polar surface area (TPSA) is 64.0 Å². The van der Waals surface area contributed by atoms with E-state index in [9.17, 15) is 22.8 Å². The molecule has 0 unspecified atom stereocenters. The van der Waals surface area contributed by atoms with Crippen molar-refractivity contribution in [1.82, 2.24) is 9.55 Å². The van der Waals surface area contributed by atoms with Gasteiger partial charge in [0, 0.05) is 6.20 Å². The molecule has 1 N–H and O–H groups in total. The zero-order valence-corrected chi connectivity index (χ0v) is 14.7. The first-order chi connectivity index (χ1) is 11.5. The van der Waals surface area contributed by atoms with Gasteiger partial charge in [0.1, 0.15) is 11.6 Å². The van der Waals surface area contributed by atoms with Crippen molar-refractivity contribution in [2.75, 3.05) is 5.32 Å². The molecule has 0 aliphatic carbocycles. The highest BCUT2D eigenvalue weighted by molar-refractivity contribution is 6.36. The van der Waals surface area contributed by atoms with Crippen LogP contribution in [0.5, 0.6) is 0 Å². The fourth-order valence-corrected chi connectivity index (χ4v) is 2.48. The molecule has 0 fully saturated rings. The Morgan fingerprint density at radius 2 is 1.84 bits per heavy atom. The number of nitrogens with one attached hydrogen (secondary N) is 1. The number of carbonyl (C=O) groups is 1. The normalized spacial score (nSPS) is 11.5. The summed E-state index contributed by atoms with van der Waals surface area (Å²) in [6.45, 7) is 0.869. The molecule has 0 saturated carbocycles. The Morgan fingerprint density at radius 1 is 1.20 bits per heavy atom. The lowest BCUT2D eigenvalue weighted by atomic mass is 10.2. The number of nitrogens with zero attached hydrogens (tertiary/aromatic N) is 2. The minimum Gasteiger partial charge on any atom is -0.308 e. The molecular formula is C14H9Cl3F3N3O2. The van der Waals surface area contributed by atoms with Gasteiger partial charge >= 0.3 is 6.18 Å². The van der Waals surface area contributed by atoms with Crippen LogP contribution in [0.15, 0.2) is 23.1 Å². The number of pyridine rings is 2. The van der Waals surface area contributed by atoms with Crippen molar-refractivity contribution in [2.45, 2.75) is 19.6 Å². The van der Waals surface area contributed by atoms with E-state index in [1.807, 2.05) is 0 Å². The second kappa shape index (κ2) is 7.23. The van der Waals surface area contributed by atoms with Gasteiger partial charge in [0.2, 0.25) is 5.91 Å². The van der Waals surface area contributed by atoms with E-state index in [4.69, 9.17) is 34.8 Å². The van der Waals surface area contributed by atoms with E-state index in [1.54, 1.807) is 6.92 Å². The molecule has 134 valence electrons. The number of hydrogen-bond donors (Lipinski definition) is 1. The number of halogens is 6. The average molecular weight is 415 g/mol. The lowest BCUT2D eigenvalue weighted by Crippen LogP contribution is -2.29. The van der Waals surface area contributed by atoms with Crippen molar-refractivity contribution in [1.29, 1.82) is 0 Å². The first-order valence-electron chi connectivity index (χ1n) is 6.58. The molecule has 5 nitrogen and oxygen atoms in total. The summed E-state index contributed by atoms with van der Waals surface area (Å²) in [7, 11) is 0. The molecule has 0 spiro atoms. The second-order valence-electron chi connectivity index (χ2n) is 4.94. The molecule has 1 amide bonds. The molecule has 0 aliphatic rings. The third-order valence-electron chi connectivity index (χ3n) is 3.05. The standard InChI is InChI=1S/C14H9Cl3F3N3O2/c1-6-8(15)3-9(16)12(21-6)22-11(24)5-23-4-7(14(18,19)20)2-10(17)13(23)25/h2-4H,5H2,1H3,(H,21,22,24). The molecule has 2 aromatic heterocycles. The largest absolute Gasteiger partial charge is 0.417 e. The fourth-order valence-electron chi connectivity index (χ4n) is 1.84. The number of anilines is 1. The summed E-state index contributed by atoms with van der Waals surface area (Å²) in [5, 5.41) is 1.98. The van der Waals surface area contributed by atoms with Crippen LogP contribution >= 0.6 is 34.8 Å². The molecule has 11 heteroatoms. The summed E-state index contributed by atoms with van der Waals surface area (Å²) < 4.78 is 38.9. The van der Waals surface area contributed by atoms with Crippen LogP contribution in [0.1, 0.15) is 11.3 Å². The molecule has 0 bridgehead atoms. The number of aryl methyl sites for hydroxylation is 1. The number of carbonyl (C=O) groups excluding carboxylic acids is 1. The van der Waals surface area contributed by atoms with Crippen LogP contribution in [-0.2, 0) is 17.5 Å². The van der Waals surface area contributed by atoms with Gasteiger partial charge in [0.15, 0.2) is 5.82 Å². The van der Waals surface area contributed by atoms with Crippen molar-refractivity contribution >= 4 is 46.5 Å². The van der Waals surface area contributed by atoms with E-state index in [2.05, 4.69) is 10.3 Å². The van der Waals surface area contributed by atoms with Gasteiger partial charge in [-0.25, -0.2) is 4.98 Å². The van der Waals surface area contributed by atoms with E-state index < -0.39 is 34.8 Å². The third kappa shape index (κ3) is 4.65. The molecule has 0 radical (unpaired) electrons. The van der Waals surface area contributed by atoms with Gasteiger partial charge in [-0.1, -0.05) is 34.8 Å². The van der Waals surface area contributed by atoms with Gasteiger partial charge in [-0.3, -0.25) is 9.59 Å². The Morgan fingerprint density at radius 3 is 2.44 bits per heavy atom. The monoisotopic (exact) mass is 413 g/mol. The molecule has 25 heavy (non-hydrogen) atoms. The van der Waals surface area contributed by atoms with E-state index in [0.29, 0.717) is 22.5 Å². The molecular weight excluding hydrogens is 406 g/mol. The fraction of sp³-hybridized carbons (Fsp3) is 0.214. The number of hydrogen-bond acceptors (Lipinski definition) is 3. The van der Waals surface area contributed by atoms with Crippen LogP contribution in [0.2, 0.25) is 15.1 Å². The van der Waals surface area contributed by atoms with E-state index in [1.165, 1.54) is 6.07 Å². The molecule has 0 saturated heterocycles. The molecule has 0 aromatic carbocycles. The van der Waals surface area contributed by atoms with Gasteiger partial charge in [-0.05, 0) is 19.1 Å². The maximum atomic E-state index is 12.8. The van der Waals surface area contributed by atoms with E-state index in [0.717, 1.165) is 0 Å². The van der Waals surface area contributed by atoms with Crippen molar-refractivity contribution < 1.29 is 18.0 Å². The molecule has 2 heterocycles. The summed E-state index contributed by atoms with van der Waals surface area (Å²) in [4.78, 5) is 27.8. The SMILES string of the molecule is Cc1nc(NC(=O)Cn2cc(C(F)(F)F)cc(Cl)c2=O)c(Cl)cc1Cl. The van der Waals surface area contributed by atoms with Crippen LogP contribution in [-0.4, -0.2) is 15.5 Å². The predicted molar refractivity (Wildman–Crippen MR) is 88.3 cm³/mol. The number of alkyl halides is 3. The number of rotatable bonds is 3. The summed E-state index contributed by atoms with van der Waals surface area (Å²) in [5.74, 6) is -0.840. The van der Waals surface area contributed by atoms with Crippen LogP contribution < -0.4 is 10.9 Å². The lowest BCUT2D eigenvalue weighted by Gasteiger charge is -2.12. The first kappa shape index (κ1) is 19.6. The Balaban J connectivity index is 2.28. The molecule has 0 aliphatic heterocycles. The Bertz CT molecular complexity index is 897. The van der Waals surface area contributed by atoms with Crippen LogP contribution in [0.25, 0.3) is 0 Å². The lowest BCUT2D eigenvalue weighted by molar-refractivity contribution is -0.138. The smallest absolute Gasteiger partial charge is 0.308 e. The minimum absolute atomic E-state index is 0.0281. The van der Waals surface area contributed by atoms with Crippen molar-refractivity contribution in [3.8, 4) is 0 Å². The summed E-state index contributed by atoms with van der Waals surface area (Å²) in [6.07, 6.45) is -4.20. The maximum absolute atomic E-state index is 12.8. The van der Waals surface area contributed by atoms with Gasteiger partial charge in [0.05, 0.1) is 21.3 Å². The zero-order chi connectivity index (χ0) is 18.9. The minimum atomic E-state index is -4.71. The summed E-state index contributed by atoms with van der Waals surface area (Å²) >= 11 is 17.2. The first-order valence-corrected chi connectivity index (χ1v) is 7.72. The maximum Gasteiger partial charge on any atom is 0.417 e. The summed E-state index contributed by atoms with van der Waals surface area (Å²) in [6, 6.07) is 1.85. The third-order valence-corrected chi connectivity index (χ3v) is 3.99. The highest BCUT2D eigenvalue weighted by Gasteiger charge is 2.32. The Kier molecular flexibility index (Phi) is 5.65. The average Bonchev–Trinajstić information content (AvgIpc) is 2.48. The van der Waals surface area contributed by atoms with Crippen LogP contribution in [0, 0.1) is 6.92 Å². The number of aromatic nitrogens is 2. The van der Waals surface area contributed by atoms with Gasteiger partial charge in [0.25, 0.3) is 5.56 Å². The number of amides is 1. The van der Waals surface area contributed by atoms with Gasteiger partial charge in [-0.15, -0.1) is 0 Å². The molecule has 2 aromatic rings. The van der Waals surface area contributed by atoms with Gasteiger partial charge in [-0.2, -0.15) is 13.2 Å². The molecule has 0 atom stereocenters. The molecule has 2 rings (SSSR count).